The predicted molar refractivity (Wildman–Crippen MR) is 95.7 cm³/mol. The molecule has 2 aromatic carbocycles. The number of carbonyl (C=O) groups is 1. The lowest BCUT2D eigenvalue weighted by atomic mass is 9.83. The lowest BCUT2D eigenvalue weighted by Crippen LogP contribution is -2.42. The molecule has 0 atom stereocenters. The van der Waals surface area contributed by atoms with Crippen molar-refractivity contribution >= 4 is 11.7 Å². The van der Waals surface area contributed by atoms with Crippen LogP contribution in [0.1, 0.15) is 37.3 Å². The SMILES string of the molecule is CCCN1C(=O)C(c2ccc(F)cc2)(c2ccc(F)cc2)N=C1C1CC1. The van der Waals surface area contributed by atoms with Gasteiger partial charge in [-0.1, -0.05) is 31.2 Å². The molecule has 0 N–H and O–H groups in total. The molecule has 2 aromatic rings. The number of rotatable bonds is 5. The van der Waals surface area contributed by atoms with Crippen LogP contribution in [0.25, 0.3) is 0 Å². The minimum Gasteiger partial charge on any atom is -0.298 e. The van der Waals surface area contributed by atoms with E-state index in [-0.39, 0.29) is 17.5 Å². The van der Waals surface area contributed by atoms with E-state index in [4.69, 9.17) is 4.99 Å². The molecule has 2 aliphatic rings. The van der Waals surface area contributed by atoms with Gasteiger partial charge >= 0.3 is 0 Å². The van der Waals surface area contributed by atoms with Crippen molar-refractivity contribution in [3.63, 3.8) is 0 Å². The van der Waals surface area contributed by atoms with E-state index in [1.165, 1.54) is 24.3 Å². The summed E-state index contributed by atoms with van der Waals surface area (Å²) in [4.78, 5) is 20.2. The maximum Gasteiger partial charge on any atom is 0.265 e. The maximum atomic E-state index is 13.6. The van der Waals surface area contributed by atoms with Crippen molar-refractivity contribution in [2.45, 2.75) is 31.7 Å². The highest BCUT2D eigenvalue weighted by Gasteiger charge is 2.53. The molecule has 0 bridgehead atoms. The van der Waals surface area contributed by atoms with Crippen LogP contribution in [-0.4, -0.2) is 23.2 Å². The summed E-state index contributed by atoms with van der Waals surface area (Å²) >= 11 is 0. The van der Waals surface area contributed by atoms with Crippen LogP contribution >= 0.6 is 0 Å². The highest BCUT2D eigenvalue weighted by atomic mass is 19.1. The number of aliphatic imine (C=N–C) groups is 1. The zero-order valence-corrected chi connectivity index (χ0v) is 14.6. The van der Waals surface area contributed by atoms with Crippen LogP contribution in [0.2, 0.25) is 0 Å². The molecule has 134 valence electrons. The van der Waals surface area contributed by atoms with Crippen LogP contribution < -0.4 is 0 Å². The van der Waals surface area contributed by atoms with E-state index >= 15 is 0 Å². The molecule has 1 aliphatic carbocycles. The van der Waals surface area contributed by atoms with E-state index in [0.717, 1.165) is 25.1 Å². The van der Waals surface area contributed by atoms with Crippen molar-refractivity contribution < 1.29 is 13.6 Å². The first kappa shape index (κ1) is 16.9. The third kappa shape index (κ3) is 2.62. The average Bonchev–Trinajstić information content (AvgIpc) is 3.44. The van der Waals surface area contributed by atoms with Crippen LogP contribution in [-0.2, 0) is 10.3 Å². The lowest BCUT2D eigenvalue weighted by molar-refractivity contribution is -0.130. The topological polar surface area (TPSA) is 32.7 Å². The van der Waals surface area contributed by atoms with Crippen LogP contribution in [0, 0.1) is 17.6 Å². The molecular formula is C21H20F2N2O. The molecule has 26 heavy (non-hydrogen) atoms. The number of benzene rings is 2. The number of amidine groups is 1. The van der Waals surface area contributed by atoms with Gasteiger partial charge in [-0.05, 0) is 54.7 Å². The van der Waals surface area contributed by atoms with Gasteiger partial charge in [0.1, 0.15) is 17.5 Å². The molecule has 1 fully saturated rings. The molecule has 4 rings (SSSR count). The van der Waals surface area contributed by atoms with Crippen molar-refractivity contribution in [1.82, 2.24) is 4.90 Å². The zero-order chi connectivity index (χ0) is 18.3. The molecule has 1 saturated carbocycles. The Morgan fingerprint density at radius 3 is 1.92 bits per heavy atom. The maximum absolute atomic E-state index is 13.6. The fourth-order valence-electron chi connectivity index (χ4n) is 3.60. The van der Waals surface area contributed by atoms with Crippen molar-refractivity contribution in [3.05, 3.63) is 71.3 Å². The van der Waals surface area contributed by atoms with Crippen molar-refractivity contribution in [1.29, 1.82) is 0 Å². The monoisotopic (exact) mass is 354 g/mol. The second kappa shape index (κ2) is 6.31. The molecule has 0 radical (unpaired) electrons. The van der Waals surface area contributed by atoms with E-state index in [1.54, 1.807) is 29.2 Å². The quantitative estimate of drug-likeness (QED) is 0.789. The summed E-state index contributed by atoms with van der Waals surface area (Å²) in [5, 5.41) is 0. The summed E-state index contributed by atoms with van der Waals surface area (Å²) in [7, 11) is 0. The molecule has 0 unspecified atom stereocenters. The van der Waals surface area contributed by atoms with Crippen molar-refractivity contribution in [2.75, 3.05) is 6.54 Å². The fraction of sp³-hybridized carbons (Fsp3) is 0.333. The Morgan fingerprint density at radius 2 is 1.50 bits per heavy atom. The van der Waals surface area contributed by atoms with Gasteiger partial charge in [-0.3, -0.25) is 9.69 Å². The molecule has 0 aromatic heterocycles. The smallest absolute Gasteiger partial charge is 0.265 e. The molecule has 0 saturated heterocycles. The first-order chi connectivity index (χ1) is 12.6. The molecule has 3 nitrogen and oxygen atoms in total. The first-order valence-electron chi connectivity index (χ1n) is 9.00. The standard InChI is InChI=1S/C21H20F2N2O/c1-2-13-25-19(14-3-4-14)24-21(20(25)26,15-5-9-17(22)10-6-15)16-7-11-18(23)12-8-16/h5-12,14H,2-4,13H2,1H3. The summed E-state index contributed by atoms with van der Waals surface area (Å²) in [5.41, 5.74) is -0.0615. The fourth-order valence-corrected chi connectivity index (χ4v) is 3.60. The van der Waals surface area contributed by atoms with E-state index in [1.807, 2.05) is 6.92 Å². The predicted octanol–water partition coefficient (Wildman–Crippen LogP) is 4.27. The second-order valence-electron chi connectivity index (χ2n) is 6.93. The minimum atomic E-state index is -1.27. The average molecular weight is 354 g/mol. The Bertz CT molecular complexity index is 809. The first-order valence-corrected chi connectivity index (χ1v) is 9.00. The molecule has 5 heteroatoms. The normalized spacial score (nSPS) is 19.0. The largest absolute Gasteiger partial charge is 0.298 e. The Labute approximate surface area is 151 Å². The summed E-state index contributed by atoms with van der Waals surface area (Å²) in [6.07, 6.45) is 2.87. The van der Waals surface area contributed by atoms with Gasteiger partial charge in [0.2, 0.25) is 0 Å². The van der Waals surface area contributed by atoms with Gasteiger partial charge < -0.3 is 0 Å². The van der Waals surface area contributed by atoms with E-state index < -0.39 is 5.54 Å². The second-order valence-corrected chi connectivity index (χ2v) is 6.93. The minimum absolute atomic E-state index is 0.139. The van der Waals surface area contributed by atoms with Crippen molar-refractivity contribution in [3.8, 4) is 0 Å². The van der Waals surface area contributed by atoms with Crippen LogP contribution in [0.3, 0.4) is 0 Å². The Balaban J connectivity index is 1.92. The van der Waals surface area contributed by atoms with Gasteiger partial charge in [-0.15, -0.1) is 0 Å². The number of amides is 1. The number of nitrogens with zero attached hydrogens (tertiary/aromatic N) is 2. The number of carbonyl (C=O) groups excluding carboxylic acids is 1. The third-order valence-electron chi connectivity index (χ3n) is 5.03. The van der Waals surface area contributed by atoms with Gasteiger partial charge in [0.05, 0.1) is 0 Å². The summed E-state index contributed by atoms with van der Waals surface area (Å²) < 4.78 is 27.0. The van der Waals surface area contributed by atoms with Crippen molar-refractivity contribution in [2.24, 2.45) is 10.9 Å². The van der Waals surface area contributed by atoms with Crippen LogP contribution in [0.5, 0.6) is 0 Å². The van der Waals surface area contributed by atoms with E-state index in [2.05, 4.69) is 0 Å². The van der Waals surface area contributed by atoms with E-state index in [0.29, 0.717) is 23.6 Å². The molecule has 0 spiro atoms. The lowest BCUT2D eigenvalue weighted by Gasteiger charge is -2.27. The van der Waals surface area contributed by atoms with Gasteiger partial charge in [-0.2, -0.15) is 0 Å². The van der Waals surface area contributed by atoms with Gasteiger partial charge in [0.25, 0.3) is 5.91 Å². The highest BCUT2D eigenvalue weighted by Crippen LogP contribution is 2.45. The number of hydrogen-bond acceptors (Lipinski definition) is 2. The zero-order valence-electron chi connectivity index (χ0n) is 14.6. The van der Waals surface area contributed by atoms with Crippen LogP contribution in [0.15, 0.2) is 53.5 Å². The highest BCUT2D eigenvalue weighted by molar-refractivity contribution is 6.11. The Hall–Kier alpha value is -2.56. The van der Waals surface area contributed by atoms with Crippen LogP contribution in [0.4, 0.5) is 8.78 Å². The van der Waals surface area contributed by atoms with Gasteiger partial charge in [0, 0.05) is 12.5 Å². The molecule has 1 amide bonds. The molecule has 1 aliphatic heterocycles. The third-order valence-corrected chi connectivity index (χ3v) is 5.03. The summed E-state index contributed by atoms with van der Waals surface area (Å²) in [6, 6.07) is 11.7. The Morgan fingerprint density at radius 1 is 1.00 bits per heavy atom. The van der Waals surface area contributed by atoms with Gasteiger partial charge in [0.15, 0.2) is 5.54 Å². The molecule has 1 heterocycles. The Kier molecular flexibility index (Phi) is 4.10. The summed E-state index contributed by atoms with van der Waals surface area (Å²) in [6.45, 7) is 2.62. The molecular weight excluding hydrogens is 334 g/mol. The summed E-state index contributed by atoms with van der Waals surface area (Å²) in [5.74, 6) is 0.230. The van der Waals surface area contributed by atoms with Gasteiger partial charge in [-0.25, -0.2) is 13.8 Å². The number of halogens is 2. The number of hydrogen-bond donors (Lipinski definition) is 0. The van der Waals surface area contributed by atoms with E-state index in [9.17, 15) is 13.6 Å².